The fourth-order valence-electron chi connectivity index (χ4n) is 3.63. The van der Waals surface area contributed by atoms with E-state index in [0.29, 0.717) is 31.7 Å². The maximum absolute atomic E-state index is 13.0. The summed E-state index contributed by atoms with van der Waals surface area (Å²) in [5, 5.41) is 2.77. The van der Waals surface area contributed by atoms with Gasteiger partial charge in [0.15, 0.2) is 0 Å². The summed E-state index contributed by atoms with van der Waals surface area (Å²) >= 11 is 0. The third kappa shape index (κ3) is 4.02. The van der Waals surface area contributed by atoms with E-state index in [1.807, 2.05) is 0 Å². The van der Waals surface area contributed by atoms with Crippen LogP contribution >= 0.6 is 0 Å². The Hall–Kier alpha value is -1.64. The van der Waals surface area contributed by atoms with Gasteiger partial charge in [-0.2, -0.15) is 4.31 Å². The van der Waals surface area contributed by atoms with Gasteiger partial charge in [-0.05, 0) is 43.9 Å². The van der Waals surface area contributed by atoms with Crippen LogP contribution in [0, 0.1) is 0 Å². The standard InChI is InChI=1S/C18H28N4O3S/c19-8-9-20-18(23)16-14-15(6-7-17(16)21-10-4-5-11-21)26(24,25)22-12-2-1-3-13-22/h6-7,14H,1-5,8-13,19H2,(H,20,23). The summed E-state index contributed by atoms with van der Waals surface area (Å²) in [6.45, 7) is 3.57. The van der Waals surface area contributed by atoms with Crippen LogP contribution in [0.25, 0.3) is 0 Å². The number of amides is 1. The molecule has 2 fully saturated rings. The van der Waals surface area contributed by atoms with Gasteiger partial charge in [0, 0.05) is 45.0 Å². The number of nitrogens with one attached hydrogen (secondary N) is 1. The molecule has 0 radical (unpaired) electrons. The minimum absolute atomic E-state index is 0.195. The highest BCUT2D eigenvalue weighted by atomic mass is 32.2. The van der Waals surface area contributed by atoms with E-state index >= 15 is 0 Å². The lowest BCUT2D eigenvalue weighted by molar-refractivity contribution is 0.0955. The molecule has 0 aliphatic carbocycles. The van der Waals surface area contributed by atoms with Crippen molar-refractivity contribution in [1.29, 1.82) is 0 Å². The van der Waals surface area contributed by atoms with Crippen LogP contribution in [0.15, 0.2) is 23.1 Å². The second-order valence-corrected chi connectivity index (χ2v) is 8.82. The summed E-state index contributed by atoms with van der Waals surface area (Å²) < 4.78 is 27.5. The molecule has 0 bridgehead atoms. The molecule has 0 unspecified atom stereocenters. The topological polar surface area (TPSA) is 95.7 Å². The zero-order chi connectivity index (χ0) is 18.6. The summed E-state index contributed by atoms with van der Waals surface area (Å²) in [5.74, 6) is -0.270. The Morgan fingerprint density at radius 2 is 1.69 bits per heavy atom. The highest BCUT2D eigenvalue weighted by molar-refractivity contribution is 7.89. The number of hydrogen-bond acceptors (Lipinski definition) is 5. The molecule has 144 valence electrons. The molecule has 2 aliphatic rings. The Labute approximate surface area is 155 Å². The lowest BCUT2D eigenvalue weighted by Crippen LogP contribution is -2.36. The fraction of sp³-hybridized carbons (Fsp3) is 0.611. The molecule has 1 aromatic carbocycles. The highest BCUT2D eigenvalue weighted by Crippen LogP contribution is 2.29. The lowest BCUT2D eigenvalue weighted by Gasteiger charge is -2.27. The van der Waals surface area contributed by atoms with Crippen LogP contribution in [0.2, 0.25) is 0 Å². The molecule has 0 saturated carbocycles. The summed E-state index contributed by atoms with van der Waals surface area (Å²) in [5.41, 5.74) is 6.70. The van der Waals surface area contributed by atoms with E-state index in [1.165, 1.54) is 10.4 Å². The predicted octanol–water partition coefficient (Wildman–Crippen LogP) is 1.15. The number of carbonyl (C=O) groups is 1. The van der Waals surface area contributed by atoms with Gasteiger partial charge in [-0.15, -0.1) is 0 Å². The Kier molecular flexibility index (Phi) is 6.16. The average molecular weight is 381 g/mol. The lowest BCUT2D eigenvalue weighted by atomic mass is 10.1. The minimum Gasteiger partial charge on any atom is -0.371 e. The molecule has 26 heavy (non-hydrogen) atoms. The van der Waals surface area contributed by atoms with Crippen molar-refractivity contribution in [3.05, 3.63) is 23.8 Å². The number of carbonyl (C=O) groups excluding carboxylic acids is 1. The number of anilines is 1. The summed E-state index contributed by atoms with van der Waals surface area (Å²) in [7, 11) is -3.57. The van der Waals surface area contributed by atoms with E-state index in [0.717, 1.165) is 50.9 Å². The number of rotatable bonds is 6. The third-order valence-corrected chi connectivity index (χ3v) is 6.94. The van der Waals surface area contributed by atoms with E-state index in [2.05, 4.69) is 10.2 Å². The molecule has 2 aliphatic heterocycles. The van der Waals surface area contributed by atoms with Crippen molar-refractivity contribution in [2.75, 3.05) is 44.2 Å². The molecule has 3 N–H and O–H groups in total. The number of piperidine rings is 1. The SMILES string of the molecule is NCCNC(=O)c1cc(S(=O)(=O)N2CCCCC2)ccc1N1CCCC1. The summed E-state index contributed by atoms with van der Waals surface area (Å²) in [4.78, 5) is 15.0. The maximum atomic E-state index is 13.0. The van der Waals surface area contributed by atoms with Crippen molar-refractivity contribution in [3.63, 3.8) is 0 Å². The third-order valence-electron chi connectivity index (χ3n) is 5.04. The van der Waals surface area contributed by atoms with Crippen LogP contribution in [0.5, 0.6) is 0 Å². The number of benzene rings is 1. The van der Waals surface area contributed by atoms with Gasteiger partial charge in [0.25, 0.3) is 5.91 Å². The van der Waals surface area contributed by atoms with Crippen LogP contribution in [-0.4, -0.2) is 57.9 Å². The van der Waals surface area contributed by atoms with E-state index in [1.54, 1.807) is 12.1 Å². The molecule has 3 rings (SSSR count). The van der Waals surface area contributed by atoms with Crippen LogP contribution in [-0.2, 0) is 10.0 Å². The summed E-state index contributed by atoms with van der Waals surface area (Å²) in [6.07, 6.45) is 4.99. The normalized spacial score (nSPS) is 18.9. The Morgan fingerprint density at radius 3 is 2.35 bits per heavy atom. The Balaban J connectivity index is 1.95. The first-order valence-electron chi connectivity index (χ1n) is 9.41. The van der Waals surface area contributed by atoms with Crippen LogP contribution in [0.4, 0.5) is 5.69 Å². The van der Waals surface area contributed by atoms with E-state index in [-0.39, 0.29) is 10.8 Å². The highest BCUT2D eigenvalue weighted by Gasteiger charge is 2.28. The van der Waals surface area contributed by atoms with Gasteiger partial charge in [-0.1, -0.05) is 6.42 Å². The quantitative estimate of drug-likeness (QED) is 0.772. The molecule has 0 aromatic heterocycles. The van der Waals surface area contributed by atoms with Crippen molar-refractivity contribution in [2.24, 2.45) is 5.73 Å². The van der Waals surface area contributed by atoms with Gasteiger partial charge < -0.3 is 16.0 Å². The molecule has 2 saturated heterocycles. The van der Waals surface area contributed by atoms with Crippen molar-refractivity contribution in [1.82, 2.24) is 9.62 Å². The maximum Gasteiger partial charge on any atom is 0.253 e. The Morgan fingerprint density at radius 1 is 1.04 bits per heavy atom. The molecule has 8 heteroatoms. The first-order valence-corrected chi connectivity index (χ1v) is 10.9. The zero-order valence-electron chi connectivity index (χ0n) is 15.1. The van der Waals surface area contributed by atoms with Crippen molar-refractivity contribution < 1.29 is 13.2 Å². The summed E-state index contributed by atoms with van der Waals surface area (Å²) in [6, 6.07) is 4.94. The van der Waals surface area contributed by atoms with Crippen molar-refractivity contribution in [2.45, 2.75) is 37.0 Å². The number of hydrogen-bond donors (Lipinski definition) is 2. The van der Waals surface area contributed by atoms with E-state index < -0.39 is 10.0 Å². The van der Waals surface area contributed by atoms with Gasteiger partial charge in [-0.25, -0.2) is 8.42 Å². The molecule has 1 amide bonds. The number of sulfonamides is 1. The van der Waals surface area contributed by atoms with Crippen molar-refractivity contribution >= 4 is 21.6 Å². The molecule has 2 heterocycles. The molecule has 1 aromatic rings. The van der Waals surface area contributed by atoms with Crippen LogP contribution in [0.1, 0.15) is 42.5 Å². The predicted molar refractivity (Wildman–Crippen MR) is 102 cm³/mol. The first-order chi connectivity index (χ1) is 12.5. The van der Waals surface area contributed by atoms with Gasteiger partial charge in [-0.3, -0.25) is 4.79 Å². The second-order valence-electron chi connectivity index (χ2n) is 6.88. The van der Waals surface area contributed by atoms with Gasteiger partial charge in [0.2, 0.25) is 10.0 Å². The Bertz CT molecular complexity index is 739. The second kappa shape index (κ2) is 8.37. The molecule has 0 atom stereocenters. The van der Waals surface area contributed by atoms with Gasteiger partial charge in [0.1, 0.15) is 0 Å². The van der Waals surface area contributed by atoms with Crippen LogP contribution < -0.4 is 16.0 Å². The van der Waals surface area contributed by atoms with Crippen LogP contribution in [0.3, 0.4) is 0 Å². The van der Waals surface area contributed by atoms with Gasteiger partial charge in [0.05, 0.1) is 10.5 Å². The fourth-order valence-corrected chi connectivity index (χ4v) is 5.17. The van der Waals surface area contributed by atoms with E-state index in [4.69, 9.17) is 5.73 Å². The monoisotopic (exact) mass is 380 g/mol. The molecular formula is C18H28N4O3S. The van der Waals surface area contributed by atoms with Crippen molar-refractivity contribution in [3.8, 4) is 0 Å². The average Bonchev–Trinajstić information content (AvgIpc) is 3.21. The van der Waals surface area contributed by atoms with Gasteiger partial charge >= 0.3 is 0 Å². The molecular weight excluding hydrogens is 352 g/mol. The molecule has 7 nitrogen and oxygen atoms in total. The smallest absolute Gasteiger partial charge is 0.253 e. The number of nitrogens with two attached hydrogens (primary N) is 1. The van der Waals surface area contributed by atoms with E-state index in [9.17, 15) is 13.2 Å². The minimum atomic E-state index is -3.57. The number of nitrogens with zero attached hydrogens (tertiary/aromatic N) is 2. The first kappa shape index (κ1) is 19.1. The molecule has 0 spiro atoms. The largest absolute Gasteiger partial charge is 0.371 e. The zero-order valence-corrected chi connectivity index (χ0v) is 15.9.